The van der Waals surface area contributed by atoms with Crippen molar-refractivity contribution in [2.45, 2.75) is 51.2 Å². The molecule has 0 saturated heterocycles. The van der Waals surface area contributed by atoms with Gasteiger partial charge in [0.2, 0.25) is 15.9 Å². The summed E-state index contributed by atoms with van der Waals surface area (Å²) in [5.41, 5.74) is 1.62. The lowest BCUT2D eigenvalue weighted by Crippen LogP contribution is -2.31. The number of hydrogen-bond donors (Lipinski definition) is 2. The molecule has 3 rings (SSSR count). The Labute approximate surface area is 186 Å². The van der Waals surface area contributed by atoms with Gasteiger partial charge >= 0.3 is 6.18 Å². The van der Waals surface area contributed by atoms with Gasteiger partial charge in [-0.2, -0.15) is 13.2 Å². The van der Waals surface area contributed by atoms with E-state index in [1.165, 1.54) is 12.1 Å². The van der Waals surface area contributed by atoms with Gasteiger partial charge in [-0.05, 0) is 61.6 Å². The number of hydrogen-bond acceptors (Lipinski definition) is 3. The lowest BCUT2D eigenvalue weighted by Gasteiger charge is -2.20. The molecular weight excluding hydrogens is 441 g/mol. The van der Waals surface area contributed by atoms with E-state index in [0.717, 1.165) is 35.1 Å². The van der Waals surface area contributed by atoms with Crippen LogP contribution in [-0.2, 0) is 26.4 Å². The lowest BCUT2D eigenvalue weighted by atomic mass is 9.89. The molecule has 1 aliphatic rings. The van der Waals surface area contributed by atoms with Gasteiger partial charge < -0.3 is 5.32 Å². The van der Waals surface area contributed by atoms with Crippen LogP contribution in [0.4, 0.5) is 18.9 Å². The van der Waals surface area contributed by atoms with Crippen molar-refractivity contribution in [3.63, 3.8) is 0 Å². The number of benzene rings is 2. The molecule has 1 saturated carbocycles. The molecule has 2 aromatic rings. The number of rotatable bonds is 7. The van der Waals surface area contributed by atoms with E-state index in [0.29, 0.717) is 18.5 Å². The number of carbonyl (C=O) groups excluding carboxylic acids is 1. The van der Waals surface area contributed by atoms with Gasteiger partial charge in [-0.1, -0.05) is 31.2 Å². The van der Waals surface area contributed by atoms with E-state index in [9.17, 15) is 26.4 Å². The number of aryl methyl sites for hydroxylation is 1. The van der Waals surface area contributed by atoms with Crippen molar-refractivity contribution in [1.29, 1.82) is 0 Å². The average molecular weight is 469 g/mol. The second-order valence-electron chi connectivity index (χ2n) is 8.52. The van der Waals surface area contributed by atoms with Crippen molar-refractivity contribution in [1.82, 2.24) is 5.32 Å². The Morgan fingerprint density at radius 2 is 1.81 bits per heavy atom. The topological polar surface area (TPSA) is 75.3 Å². The highest BCUT2D eigenvalue weighted by atomic mass is 32.2. The molecule has 0 spiro atoms. The van der Waals surface area contributed by atoms with Crippen LogP contribution in [0.25, 0.3) is 0 Å². The normalized spacial score (nSPS) is 21.7. The Bertz CT molecular complexity index is 1110. The first-order valence-corrected chi connectivity index (χ1v) is 12.2. The number of anilines is 1. The van der Waals surface area contributed by atoms with Crippen LogP contribution in [0.3, 0.4) is 0 Å². The Morgan fingerprint density at radius 3 is 2.31 bits per heavy atom. The van der Waals surface area contributed by atoms with Crippen molar-refractivity contribution < 1.29 is 26.4 Å². The average Bonchev–Trinajstić information content (AvgIpc) is 3.44. The first-order valence-electron chi connectivity index (χ1n) is 10.3. The van der Waals surface area contributed by atoms with Crippen molar-refractivity contribution >= 4 is 21.6 Å². The minimum atomic E-state index is -4.39. The second-order valence-corrected chi connectivity index (χ2v) is 10.3. The fourth-order valence-electron chi connectivity index (χ4n) is 4.22. The number of alkyl halides is 3. The number of sulfonamides is 1. The van der Waals surface area contributed by atoms with Crippen molar-refractivity contribution in [2.75, 3.05) is 11.0 Å². The van der Waals surface area contributed by atoms with Crippen molar-refractivity contribution in [3.8, 4) is 0 Å². The molecule has 1 aliphatic carbocycles. The van der Waals surface area contributed by atoms with Crippen LogP contribution in [0.15, 0.2) is 42.5 Å². The SMILES string of the molecule is CCC1(c2ccc(C(F)(F)F)cc2)C[C@H]1C(=O)NC(C)c1ccc(NS(C)(=O)=O)c(C)c1. The van der Waals surface area contributed by atoms with Crippen molar-refractivity contribution in [3.05, 3.63) is 64.7 Å². The molecule has 2 aromatic carbocycles. The Kier molecular flexibility index (Phi) is 6.34. The largest absolute Gasteiger partial charge is 0.416 e. The third-order valence-electron chi connectivity index (χ3n) is 6.21. The highest BCUT2D eigenvalue weighted by molar-refractivity contribution is 7.92. The minimum absolute atomic E-state index is 0.143. The monoisotopic (exact) mass is 468 g/mol. The zero-order valence-corrected chi connectivity index (χ0v) is 19.2. The third-order valence-corrected chi connectivity index (χ3v) is 6.81. The summed E-state index contributed by atoms with van der Waals surface area (Å²) >= 11 is 0. The molecule has 0 heterocycles. The van der Waals surface area contributed by atoms with Crippen molar-refractivity contribution in [2.24, 2.45) is 5.92 Å². The van der Waals surface area contributed by atoms with Gasteiger partial charge in [-0.3, -0.25) is 9.52 Å². The molecule has 2 N–H and O–H groups in total. The first-order chi connectivity index (χ1) is 14.8. The quantitative estimate of drug-likeness (QED) is 0.605. The highest BCUT2D eigenvalue weighted by Crippen LogP contribution is 2.57. The van der Waals surface area contributed by atoms with Gasteiger partial charge in [0.1, 0.15) is 0 Å². The molecule has 0 bridgehead atoms. The summed E-state index contributed by atoms with van der Waals surface area (Å²) in [7, 11) is -3.39. The number of halogens is 3. The van der Waals surface area contributed by atoms with Gasteiger partial charge in [-0.25, -0.2) is 8.42 Å². The Balaban J connectivity index is 1.70. The van der Waals surface area contributed by atoms with Crippen LogP contribution in [0.5, 0.6) is 0 Å². The van der Waals surface area contributed by atoms with E-state index in [1.54, 1.807) is 19.1 Å². The van der Waals surface area contributed by atoms with E-state index >= 15 is 0 Å². The standard InChI is InChI=1S/C23H27F3N2O3S/c1-5-22(17-7-9-18(10-8-17)23(24,25)26)13-19(22)21(29)27-15(3)16-6-11-20(14(2)12-16)28-32(4,30)31/h6-12,15,19,28H,5,13H2,1-4H3,(H,27,29)/t15?,19-,22?/m0/s1. The summed E-state index contributed by atoms with van der Waals surface area (Å²) < 4.78 is 63.9. The third kappa shape index (κ3) is 5.09. The maximum absolute atomic E-state index is 12.9. The molecule has 0 radical (unpaired) electrons. The molecule has 0 aliphatic heterocycles. The molecule has 9 heteroatoms. The van der Waals surface area contributed by atoms with E-state index in [1.807, 2.05) is 19.9 Å². The van der Waals surface area contributed by atoms with E-state index in [2.05, 4.69) is 10.0 Å². The zero-order valence-electron chi connectivity index (χ0n) is 18.4. The summed E-state index contributed by atoms with van der Waals surface area (Å²) in [4.78, 5) is 12.9. The lowest BCUT2D eigenvalue weighted by molar-refractivity contribution is -0.137. The maximum atomic E-state index is 12.9. The van der Waals surface area contributed by atoms with Crippen LogP contribution in [-0.4, -0.2) is 20.6 Å². The Hall–Kier alpha value is -2.55. The second kappa shape index (κ2) is 8.42. The van der Waals surface area contributed by atoms with Crippen LogP contribution in [0, 0.1) is 12.8 Å². The fraction of sp³-hybridized carbons (Fsp3) is 0.435. The molecule has 174 valence electrons. The molecule has 32 heavy (non-hydrogen) atoms. The molecular formula is C23H27F3N2O3S. The van der Waals surface area contributed by atoms with Gasteiger partial charge in [0.15, 0.2) is 0 Å². The number of carbonyl (C=O) groups is 1. The van der Waals surface area contributed by atoms with E-state index in [-0.39, 0.29) is 17.9 Å². The molecule has 5 nitrogen and oxygen atoms in total. The van der Waals surface area contributed by atoms with E-state index in [4.69, 9.17) is 0 Å². The zero-order chi connectivity index (χ0) is 23.9. The summed E-state index contributed by atoms with van der Waals surface area (Å²) in [5.74, 6) is -0.450. The predicted molar refractivity (Wildman–Crippen MR) is 118 cm³/mol. The molecule has 3 atom stereocenters. The fourth-order valence-corrected chi connectivity index (χ4v) is 4.85. The molecule has 1 fully saturated rings. The predicted octanol–water partition coefficient (Wildman–Crippen LogP) is 4.93. The maximum Gasteiger partial charge on any atom is 0.416 e. The number of amides is 1. The summed E-state index contributed by atoms with van der Waals surface area (Å²) in [6.07, 6.45) is -2.08. The van der Waals surface area contributed by atoms with Gasteiger partial charge in [0.25, 0.3) is 0 Å². The molecule has 0 aromatic heterocycles. The van der Waals surface area contributed by atoms with Crippen LogP contribution in [0.2, 0.25) is 0 Å². The molecule has 2 unspecified atom stereocenters. The van der Waals surface area contributed by atoms with Crippen LogP contribution >= 0.6 is 0 Å². The summed E-state index contributed by atoms with van der Waals surface area (Å²) in [6, 6.07) is 9.99. The van der Waals surface area contributed by atoms with Gasteiger partial charge in [-0.15, -0.1) is 0 Å². The van der Waals surface area contributed by atoms with Gasteiger partial charge in [0.05, 0.1) is 23.5 Å². The summed E-state index contributed by atoms with van der Waals surface area (Å²) in [6.45, 7) is 5.55. The molecule has 1 amide bonds. The van der Waals surface area contributed by atoms with Crippen LogP contribution in [0.1, 0.15) is 55.0 Å². The highest BCUT2D eigenvalue weighted by Gasteiger charge is 2.57. The van der Waals surface area contributed by atoms with Gasteiger partial charge in [0, 0.05) is 11.3 Å². The van der Waals surface area contributed by atoms with Crippen LogP contribution < -0.4 is 10.0 Å². The Morgan fingerprint density at radius 1 is 1.19 bits per heavy atom. The number of nitrogens with one attached hydrogen (secondary N) is 2. The smallest absolute Gasteiger partial charge is 0.349 e. The summed E-state index contributed by atoms with van der Waals surface area (Å²) in [5, 5.41) is 2.99. The minimum Gasteiger partial charge on any atom is -0.349 e. The van der Waals surface area contributed by atoms with E-state index < -0.39 is 27.2 Å². The first kappa shape index (κ1) is 24.1.